The topological polar surface area (TPSA) is 41.9 Å². The van der Waals surface area contributed by atoms with Crippen LogP contribution in [0.2, 0.25) is 0 Å². The van der Waals surface area contributed by atoms with E-state index < -0.39 is 0 Å². The zero-order valence-corrected chi connectivity index (χ0v) is 13.7. The maximum absolute atomic E-state index is 12.5. The van der Waals surface area contributed by atoms with E-state index in [0.29, 0.717) is 12.2 Å². The summed E-state index contributed by atoms with van der Waals surface area (Å²) >= 11 is 1.59. The summed E-state index contributed by atoms with van der Waals surface area (Å²) in [5.74, 6) is -0.290. The number of benzene rings is 1. The molecule has 22 heavy (non-hydrogen) atoms. The molecule has 2 heterocycles. The molecule has 1 aromatic carbocycles. The lowest BCUT2D eigenvalue weighted by atomic mass is 9.94. The SMILES string of the molecule is CCOC(=O)C1=C(C)N=C2SC=C(C)N2[C@@H]1c1ccccc1. The first-order chi connectivity index (χ1) is 10.6. The van der Waals surface area contributed by atoms with Crippen molar-refractivity contribution in [2.75, 3.05) is 6.61 Å². The molecule has 0 unspecified atom stereocenters. The summed E-state index contributed by atoms with van der Waals surface area (Å²) < 4.78 is 5.27. The molecule has 3 rings (SSSR count). The molecule has 0 fully saturated rings. The van der Waals surface area contributed by atoms with Gasteiger partial charge in [-0.25, -0.2) is 9.79 Å². The van der Waals surface area contributed by atoms with Crippen LogP contribution < -0.4 is 0 Å². The van der Waals surface area contributed by atoms with Crippen LogP contribution >= 0.6 is 11.8 Å². The third-order valence-corrected chi connectivity index (χ3v) is 4.67. The van der Waals surface area contributed by atoms with Gasteiger partial charge in [-0.15, -0.1) is 0 Å². The van der Waals surface area contributed by atoms with Crippen molar-refractivity contribution in [1.29, 1.82) is 0 Å². The molecule has 114 valence electrons. The van der Waals surface area contributed by atoms with Crippen molar-refractivity contribution in [1.82, 2.24) is 4.90 Å². The molecule has 0 aromatic heterocycles. The second kappa shape index (κ2) is 6.01. The van der Waals surface area contributed by atoms with E-state index in [2.05, 4.69) is 15.3 Å². The molecule has 0 amide bonds. The van der Waals surface area contributed by atoms with Crippen LogP contribution in [0.15, 0.2) is 57.7 Å². The summed E-state index contributed by atoms with van der Waals surface area (Å²) in [7, 11) is 0. The monoisotopic (exact) mass is 314 g/mol. The average molecular weight is 314 g/mol. The minimum absolute atomic E-state index is 0.181. The highest BCUT2D eigenvalue weighted by atomic mass is 32.2. The molecule has 0 N–H and O–H groups in total. The number of rotatable bonds is 3. The fourth-order valence-electron chi connectivity index (χ4n) is 2.75. The van der Waals surface area contributed by atoms with E-state index in [-0.39, 0.29) is 12.0 Å². The number of thioether (sulfide) groups is 1. The molecule has 0 radical (unpaired) electrons. The largest absolute Gasteiger partial charge is 0.463 e. The number of amidine groups is 1. The number of hydrogen-bond donors (Lipinski definition) is 0. The van der Waals surface area contributed by atoms with Gasteiger partial charge in [0.1, 0.15) is 0 Å². The van der Waals surface area contributed by atoms with Crippen molar-refractivity contribution >= 4 is 22.9 Å². The Bertz CT molecular complexity index is 692. The molecule has 0 saturated carbocycles. The Kier molecular flexibility index (Phi) is 4.07. The maximum Gasteiger partial charge on any atom is 0.338 e. The Hall–Kier alpha value is -2.01. The van der Waals surface area contributed by atoms with Crippen LogP contribution in [0.3, 0.4) is 0 Å². The number of hydrogen-bond acceptors (Lipinski definition) is 5. The predicted octanol–water partition coefficient (Wildman–Crippen LogP) is 3.84. The maximum atomic E-state index is 12.5. The third kappa shape index (κ3) is 2.46. The van der Waals surface area contributed by atoms with Gasteiger partial charge in [-0.05, 0) is 31.7 Å². The van der Waals surface area contributed by atoms with Gasteiger partial charge >= 0.3 is 5.97 Å². The van der Waals surface area contributed by atoms with E-state index in [1.165, 1.54) is 0 Å². The summed E-state index contributed by atoms with van der Waals surface area (Å²) in [5.41, 5.74) is 3.50. The summed E-state index contributed by atoms with van der Waals surface area (Å²) in [5, 5.41) is 2.98. The van der Waals surface area contributed by atoms with E-state index in [0.717, 1.165) is 22.1 Å². The normalized spacial score (nSPS) is 20.5. The number of esters is 1. The average Bonchev–Trinajstić information content (AvgIpc) is 2.88. The Labute approximate surface area is 134 Å². The van der Waals surface area contributed by atoms with Crippen molar-refractivity contribution in [2.45, 2.75) is 26.8 Å². The first-order valence-electron chi connectivity index (χ1n) is 7.27. The van der Waals surface area contributed by atoms with Crippen LogP contribution in [0.5, 0.6) is 0 Å². The summed E-state index contributed by atoms with van der Waals surface area (Å²) in [6, 6.07) is 9.84. The molecule has 5 heteroatoms. The first-order valence-corrected chi connectivity index (χ1v) is 8.15. The zero-order valence-electron chi connectivity index (χ0n) is 12.9. The fourth-order valence-corrected chi connectivity index (χ4v) is 3.69. The fraction of sp³-hybridized carbons (Fsp3) is 0.294. The van der Waals surface area contributed by atoms with Gasteiger partial charge in [0.25, 0.3) is 0 Å². The molecule has 2 aliphatic rings. The number of fused-ring (bicyclic) bond motifs is 1. The van der Waals surface area contributed by atoms with Gasteiger partial charge in [-0.2, -0.15) is 0 Å². The van der Waals surface area contributed by atoms with E-state index in [9.17, 15) is 4.79 Å². The Balaban J connectivity index is 2.13. The highest BCUT2D eigenvalue weighted by Gasteiger charge is 2.39. The second-order valence-corrected chi connectivity index (χ2v) is 6.01. The lowest BCUT2D eigenvalue weighted by molar-refractivity contribution is -0.139. The van der Waals surface area contributed by atoms with Crippen LogP contribution in [0, 0.1) is 0 Å². The van der Waals surface area contributed by atoms with Gasteiger partial charge in [-0.1, -0.05) is 42.1 Å². The van der Waals surface area contributed by atoms with Crippen LogP contribution in [0.4, 0.5) is 0 Å². The van der Waals surface area contributed by atoms with E-state index in [4.69, 9.17) is 4.74 Å². The zero-order chi connectivity index (χ0) is 15.7. The second-order valence-electron chi connectivity index (χ2n) is 5.17. The van der Waals surface area contributed by atoms with Gasteiger partial charge in [-0.3, -0.25) is 0 Å². The molecule has 0 saturated heterocycles. The number of carbonyl (C=O) groups excluding carboxylic acids is 1. The molecule has 0 bridgehead atoms. The molecule has 1 aromatic rings. The van der Waals surface area contributed by atoms with Crippen LogP contribution in [-0.2, 0) is 9.53 Å². The minimum atomic E-state index is -0.290. The molecule has 2 aliphatic heterocycles. The van der Waals surface area contributed by atoms with Gasteiger partial charge < -0.3 is 9.64 Å². The smallest absolute Gasteiger partial charge is 0.338 e. The molecule has 4 nitrogen and oxygen atoms in total. The van der Waals surface area contributed by atoms with Gasteiger partial charge in [0.15, 0.2) is 5.17 Å². The molecule has 0 aliphatic carbocycles. The van der Waals surface area contributed by atoms with Crippen LogP contribution in [0.1, 0.15) is 32.4 Å². The van der Waals surface area contributed by atoms with Crippen molar-refractivity contribution in [2.24, 2.45) is 4.99 Å². The standard InChI is InChI=1S/C17H18N2O2S/c1-4-21-16(20)14-12(3)18-17-19(11(2)10-22-17)15(14)13-8-6-5-7-9-13/h5-10,15H,4H2,1-3H3/t15-/m1/s1. The quantitative estimate of drug-likeness (QED) is 0.795. The van der Waals surface area contributed by atoms with Gasteiger partial charge in [0.05, 0.1) is 23.9 Å². The van der Waals surface area contributed by atoms with E-state index in [1.54, 1.807) is 11.8 Å². The number of carbonyl (C=O) groups is 1. The van der Waals surface area contributed by atoms with Crippen LogP contribution in [-0.4, -0.2) is 22.6 Å². The number of aliphatic imine (C=N–C) groups is 1. The molecule has 0 spiro atoms. The van der Waals surface area contributed by atoms with Crippen molar-refractivity contribution < 1.29 is 9.53 Å². The highest BCUT2D eigenvalue weighted by Crippen LogP contribution is 2.43. The molecular formula is C17H18N2O2S. The lowest BCUT2D eigenvalue weighted by Crippen LogP contribution is -2.36. The minimum Gasteiger partial charge on any atom is -0.463 e. The molecular weight excluding hydrogens is 296 g/mol. The van der Waals surface area contributed by atoms with Gasteiger partial charge in [0.2, 0.25) is 0 Å². The summed E-state index contributed by atoms with van der Waals surface area (Å²) in [6.07, 6.45) is 0. The summed E-state index contributed by atoms with van der Waals surface area (Å²) in [6.45, 7) is 6.09. The van der Waals surface area contributed by atoms with Crippen LogP contribution in [0.25, 0.3) is 0 Å². The Morgan fingerprint density at radius 1 is 1.32 bits per heavy atom. The van der Waals surface area contributed by atoms with Crippen molar-refractivity contribution in [3.8, 4) is 0 Å². The Morgan fingerprint density at radius 3 is 2.73 bits per heavy atom. The van der Waals surface area contributed by atoms with E-state index in [1.807, 2.05) is 51.1 Å². The highest BCUT2D eigenvalue weighted by molar-refractivity contribution is 8.16. The number of ether oxygens (including phenoxy) is 1. The van der Waals surface area contributed by atoms with Gasteiger partial charge in [0, 0.05) is 5.70 Å². The van der Waals surface area contributed by atoms with Crippen molar-refractivity contribution in [3.63, 3.8) is 0 Å². The van der Waals surface area contributed by atoms with Crippen molar-refractivity contribution in [3.05, 3.63) is 58.3 Å². The number of allylic oxidation sites excluding steroid dienone is 2. The number of nitrogens with zero attached hydrogens (tertiary/aromatic N) is 2. The van der Waals surface area contributed by atoms with E-state index >= 15 is 0 Å². The summed E-state index contributed by atoms with van der Waals surface area (Å²) in [4.78, 5) is 19.2. The third-order valence-electron chi connectivity index (χ3n) is 3.72. The first kappa shape index (κ1) is 14.9. The molecule has 1 atom stereocenters. The predicted molar refractivity (Wildman–Crippen MR) is 89.1 cm³/mol. The Morgan fingerprint density at radius 2 is 2.05 bits per heavy atom. The lowest BCUT2D eigenvalue weighted by Gasteiger charge is -2.35.